The second-order valence-electron chi connectivity index (χ2n) is 14.4. The Morgan fingerprint density at radius 2 is 0.852 bits per heavy atom. The molecule has 0 aliphatic carbocycles. The van der Waals surface area contributed by atoms with Gasteiger partial charge in [-0.2, -0.15) is 0 Å². The van der Waals surface area contributed by atoms with Crippen LogP contribution in [0.25, 0.3) is 119 Å². The van der Waals surface area contributed by atoms with Gasteiger partial charge in [0.2, 0.25) is 0 Å². The molecule has 12 rings (SSSR count). The highest BCUT2D eigenvalue weighted by atomic mass is 32.1. The lowest BCUT2D eigenvalue weighted by atomic mass is 9.85. The Morgan fingerprint density at radius 3 is 1.57 bits per heavy atom. The van der Waals surface area contributed by atoms with Gasteiger partial charge in [-0.1, -0.05) is 133 Å². The van der Waals surface area contributed by atoms with Crippen molar-refractivity contribution in [1.82, 2.24) is 0 Å². The number of furan rings is 1. The molecule has 0 saturated heterocycles. The second-order valence-corrected chi connectivity index (χ2v) is 15.5. The Hall–Kier alpha value is -6.74. The third-order valence-electron chi connectivity index (χ3n) is 11.4. The molecule has 2 aromatic heterocycles. The van der Waals surface area contributed by atoms with Gasteiger partial charge >= 0.3 is 0 Å². The van der Waals surface area contributed by atoms with E-state index in [0.717, 1.165) is 11.2 Å². The first-order valence-corrected chi connectivity index (χ1v) is 19.3. The molecule has 0 saturated carbocycles. The van der Waals surface area contributed by atoms with Crippen molar-refractivity contribution in [2.24, 2.45) is 0 Å². The van der Waals surface area contributed by atoms with E-state index in [-0.39, 0.29) is 0 Å². The van der Waals surface area contributed by atoms with Crippen molar-refractivity contribution in [2.75, 3.05) is 0 Å². The monoisotopic (exact) mass is 702 g/mol. The first-order chi connectivity index (χ1) is 26.7. The Morgan fingerprint density at radius 1 is 0.296 bits per heavy atom. The van der Waals surface area contributed by atoms with Crippen LogP contribution >= 0.6 is 11.3 Å². The Kier molecular flexibility index (Phi) is 6.28. The Bertz CT molecular complexity index is 3440. The molecule has 0 aliphatic heterocycles. The summed E-state index contributed by atoms with van der Waals surface area (Å²) in [5.74, 6) is 0. The van der Waals surface area contributed by atoms with Crippen LogP contribution < -0.4 is 0 Å². The lowest BCUT2D eigenvalue weighted by molar-refractivity contribution is 0.673. The molecule has 0 bridgehead atoms. The number of rotatable bonds is 3. The van der Waals surface area contributed by atoms with Crippen LogP contribution in [0.5, 0.6) is 0 Å². The smallest absolute Gasteiger partial charge is 0.143 e. The largest absolute Gasteiger partial charge is 0.455 e. The van der Waals surface area contributed by atoms with Crippen LogP contribution in [-0.4, -0.2) is 0 Å². The van der Waals surface area contributed by atoms with Gasteiger partial charge in [0, 0.05) is 36.3 Å². The molecule has 0 unspecified atom stereocenters. The van der Waals surface area contributed by atoms with E-state index in [1.54, 1.807) is 0 Å². The average Bonchev–Trinajstić information content (AvgIpc) is 3.79. The van der Waals surface area contributed by atoms with Crippen molar-refractivity contribution >= 4 is 96.5 Å². The highest BCUT2D eigenvalue weighted by Crippen LogP contribution is 2.47. The van der Waals surface area contributed by atoms with E-state index in [9.17, 15) is 0 Å². The molecule has 12 aromatic rings. The molecular formula is C52H30OS. The zero-order valence-corrected chi connectivity index (χ0v) is 30.0. The number of benzene rings is 10. The molecule has 2 heterocycles. The van der Waals surface area contributed by atoms with E-state index in [1.807, 2.05) is 17.4 Å². The summed E-state index contributed by atoms with van der Waals surface area (Å²) in [5, 5.41) is 14.8. The van der Waals surface area contributed by atoms with Gasteiger partial charge in [0.1, 0.15) is 11.2 Å². The van der Waals surface area contributed by atoms with Crippen LogP contribution in [-0.2, 0) is 0 Å². The third-order valence-corrected chi connectivity index (χ3v) is 12.5. The van der Waals surface area contributed by atoms with Crippen LogP contribution in [0.3, 0.4) is 0 Å². The van der Waals surface area contributed by atoms with E-state index in [2.05, 4.69) is 176 Å². The maximum atomic E-state index is 6.44. The zero-order valence-electron chi connectivity index (χ0n) is 29.1. The Balaban J connectivity index is 1.05. The molecule has 0 fully saturated rings. The van der Waals surface area contributed by atoms with Crippen molar-refractivity contribution in [2.45, 2.75) is 0 Å². The molecule has 250 valence electrons. The molecule has 0 radical (unpaired) electrons. The summed E-state index contributed by atoms with van der Waals surface area (Å²) < 4.78 is 9.01. The van der Waals surface area contributed by atoms with E-state index in [4.69, 9.17) is 4.42 Å². The quantitative estimate of drug-likeness (QED) is 0.167. The molecule has 10 aromatic carbocycles. The molecule has 0 amide bonds. The minimum atomic E-state index is 0.935. The molecule has 0 spiro atoms. The van der Waals surface area contributed by atoms with Gasteiger partial charge in [-0.3, -0.25) is 0 Å². The summed E-state index contributed by atoms with van der Waals surface area (Å²) in [6.07, 6.45) is 0. The van der Waals surface area contributed by atoms with Crippen LogP contribution in [0.1, 0.15) is 0 Å². The maximum absolute atomic E-state index is 6.44. The predicted octanol–water partition coefficient (Wildman–Crippen LogP) is 15.6. The average molecular weight is 703 g/mol. The van der Waals surface area contributed by atoms with E-state index in [1.165, 1.54) is 107 Å². The highest BCUT2D eigenvalue weighted by Gasteiger charge is 2.19. The normalized spacial score (nSPS) is 12.1. The summed E-state index contributed by atoms with van der Waals surface area (Å²) in [4.78, 5) is 0. The van der Waals surface area contributed by atoms with Crippen molar-refractivity contribution < 1.29 is 4.42 Å². The Labute approximate surface area is 314 Å². The molecule has 0 N–H and O–H groups in total. The number of fused-ring (bicyclic) bond motifs is 11. The summed E-state index contributed by atoms with van der Waals surface area (Å²) >= 11 is 1.86. The summed E-state index contributed by atoms with van der Waals surface area (Å²) in [7, 11) is 0. The van der Waals surface area contributed by atoms with Gasteiger partial charge in [-0.05, 0) is 120 Å². The van der Waals surface area contributed by atoms with Crippen molar-refractivity contribution in [1.29, 1.82) is 0 Å². The lowest BCUT2D eigenvalue weighted by Gasteiger charge is -2.18. The second kappa shape index (κ2) is 11.4. The molecular weight excluding hydrogens is 673 g/mol. The van der Waals surface area contributed by atoms with E-state index < -0.39 is 0 Å². The molecule has 2 heteroatoms. The summed E-state index contributed by atoms with van der Waals surface area (Å²) in [5.41, 5.74) is 9.42. The van der Waals surface area contributed by atoms with Gasteiger partial charge in [-0.15, -0.1) is 11.3 Å². The number of hydrogen-bond donors (Lipinski definition) is 0. The topological polar surface area (TPSA) is 13.1 Å². The first-order valence-electron chi connectivity index (χ1n) is 18.5. The SMILES string of the molecule is c1ccc(-c2ccc3cc(-c4c5ccccc5c(-c5ccc6sc7cc8c(ccc9c%10ccccc%10oc89)cc7c6c5)c5ccccc45)ccc3c2)cc1. The predicted molar refractivity (Wildman–Crippen MR) is 233 cm³/mol. The van der Waals surface area contributed by atoms with Crippen LogP contribution in [0.4, 0.5) is 0 Å². The van der Waals surface area contributed by atoms with Gasteiger partial charge < -0.3 is 4.42 Å². The van der Waals surface area contributed by atoms with Gasteiger partial charge in [0.15, 0.2) is 0 Å². The minimum Gasteiger partial charge on any atom is -0.455 e. The fourth-order valence-electron chi connectivity index (χ4n) is 8.90. The highest BCUT2D eigenvalue weighted by molar-refractivity contribution is 7.25. The van der Waals surface area contributed by atoms with Gasteiger partial charge in [0.25, 0.3) is 0 Å². The fourth-order valence-corrected chi connectivity index (χ4v) is 10.0. The van der Waals surface area contributed by atoms with E-state index in [0.29, 0.717) is 0 Å². The van der Waals surface area contributed by atoms with Gasteiger partial charge in [-0.25, -0.2) is 0 Å². The van der Waals surface area contributed by atoms with Crippen LogP contribution in [0.15, 0.2) is 186 Å². The van der Waals surface area contributed by atoms with Gasteiger partial charge in [0.05, 0.1) is 0 Å². The van der Waals surface area contributed by atoms with Crippen molar-refractivity contribution in [3.8, 4) is 33.4 Å². The van der Waals surface area contributed by atoms with E-state index >= 15 is 0 Å². The maximum Gasteiger partial charge on any atom is 0.143 e. The zero-order chi connectivity index (χ0) is 35.3. The molecule has 0 aliphatic rings. The van der Waals surface area contributed by atoms with Crippen LogP contribution in [0, 0.1) is 0 Å². The summed E-state index contributed by atoms with van der Waals surface area (Å²) in [6, 6.07) is 66.9. The first kappa shape index (κ1) is 29.8. The number of para-hydroxylation sites is 1. The minimum absolute atomic E-state index is 0.935. The number of thiophene rings is 1. The fraction of sp³-hybridized carbons (Fsp3) is 0. The van der Waals surface area contributed by atoms with Crippen molar-refractivity contribution in [3.05, 3.63) is 182 Å². The molecule has 54 heavy (non-hydrogen) atoms. The standard InChI is InChI=1S/C52H30OS/c1-2-10-31(11-3-1)32-18-19-34-27-36(21-20-33(34)26-32)50-39-13-4-6-15-41(39)51(42-16-7-5-14-40(42)50)37-23-25-48-45(29-37)46-28-35-22-24-43-38-12-8-9-17-47(38)53-52(43)44(35)30-49(46)54-48/h1-30H. The van der Waals surface area contributed by atoms with Crippen molar-refractivity contribution in [3.63, 3.8) is 0 Å². The summed E-state index contributed by atoms with van der Waals surface area (Å²) in [6.45, 7) is 0. The molecule has 1 nitrogen and oxygen atoms in total. The third kappa shape index (κ3) is 4.38. The van der Waals surface area contributed by atoms with Crippen LogP contribution in [0.2, 0.25) is 0 Å². The number of hydrogen-bond acceptors (Lipinski definition) is 2. The molecule has 0 atom stereocenters. The lowest BCUT2D eigenvalue weighted by Crippen LogP contribution is -1.91.